The molecule has 190 valence electrons. The Morgan fingerprint density at radius 1 is 0.778 bits per heavy atom. The van der Waals surface area contributed by atoms with E-state index in [2.05, 4.69) is 36.5 Å². The van der Waals surface area contributed by atoms with Gasteiger partial charge >= 0.3 is 0 Å². The molecule has 0 aliphatic carbocycles. The van der Waals surface area contributed by atoms with Gasteiger partial charge in [0.15, 0.2) is 0 Å². The van der Waals surface area contributed by atoms with Gasteiger partial charge in [-0.15, -0.1) is 0 Å². The van der Waals surface area contributed by atoms with Crippen LogP contribution in [0.25, 0.3) is 6.08 Å². The fraction of sp³-hybridized carbons (Fsp3) is 0.364. The van der Waals surface area contributed by atoms with Gasteiger partial charge in [-0.25, -0.2) is 0 Å². The molecule has 0 radical (unpaired) electrons. The zero-order valence-electron chi connectivity index (χ0n) is 21.7. The van der Waals surface area contributed by atoms with Crippen molar-refractivity contribution < 1.29 is 9.53 Å². The van der Waals surface area contributed by atoms with E-state index in [0.717, 1.165) is 29.7 Å². The third-order valence-electron chi connectivity index (χ3n) is 6.39. The van der Waals surface area contributed by atoms with Crippen molar-refractivity contribution in [2.45, 2.75) is 70.8 Å². The number of carbonyl (C=O) groups excluding carboxylic acids is 1. The van der Waals surface area contributed by atoms with Crippen LogP contribution in [-0.2, 0) is 11.2 Å². The van der Waals surface area contributed by atoms with Crippen LogP contribution in [0.3, 0.4) is 0 Å². The predicted molar refractivity (Wildman–Crippen MR) is 151 cm³/mol. The SMILES string of the molecule is CCCCCCCCCCOc1ccccc1/C=C/C(=O)NC(Cc1ccccc1)c1ccccc1. The van der Waals surface area contributed by atoms with Crippen LogP contribution in [0.1, 0.15) is 81.0 Å². The van der Waals surface area contributed by atoms with Crippen LogP contribution in [0.2, 0.25) is 0 Å². The van der Waals surface area contributed by atoms with E-state index in [9.17, 15) is 4.79 Å². The van der Waals surface area contributed by atoms with Gasteiger partial charge < -0.3 is 10.1 Å². The second kappa shape index (κ2) is 16.4. The summed E-state index contributed by atoms with van der Waals surface area (Å²) >= 11 is 0. The van der Waals surface area contributed by atoms with Gasteiger partial charge in [0.2, 0.25) is 5.91 Å². The molecule has 1 atom stereocenters. The quantitative estimate of drug-likeness (QED) is 0.164. The molecular formula is C33H41NO2. The summed E-state index contributed by atoms with van der Waals surface area (Å²) in [7, 11) is 0. The van der Waals surface area contributed by atoms with Crippen molar-refractivity contribution in [1.29, 1.82) is 0 Å². The van der Waals surface area contributed by atoms with Crippen LogP contribution in [0.15, 0.2) is 91.0 Å². The van der Waals surface area contributed by atoms with E-state index in [1.54, 1.807) is 6.08 Å². The first-order valence-corrected chi connectivity index (χ1v) is 13.6. The molecule has 0 fully saturated rings. The number of benzene rings is 3. The van der Waals surface area contributed by atoms with E-state index < -0.39 is 0 Å². The summed E-state index contributed by atoms with van der Waals surface area (Å²) in [5.74, 6) is 0.714. The Morgan fingerprint density at radius 3 is 2.11 bits per heavy atom. The molecule has 1 N–H and O–H groups in total. The maximum absolute atomic E-state index is 12.9. The maximum Gasteiger partial charge on any atom is 0.244 e. The zero-order valence-corrected chi connectivity index (χ0v) is 21.7. The predicted octanol–water partition coefficient (Wildman–Crippen LogP) is 8.32. The Hall–Kier alpha value is -3.33. The number of para-hydroxylation sites is 1. The Labute approximate surface area is 217 Å². The molecule has 0 heterocycles. The summed E-state index contributed by atoms with van der Waals surface area (Å²) in [4.78, 5) is 12.9. The minimum absolute atomic E-state index is 0.0979. The smallest absolute Gasteiger partial charge is 0.244 e. The highest BCUT2D eigenvalue weighted by molar-refractivity contribution is 5.92. The number of hydrogen-bond acceptors (Lipinski definition) is 2. The van der Waals surface area contributed by atoms with Gasteiger partial charge in [-0.1, -0.05) is 131 Å². The van der Waals surface area contributed by atoms with Crippen molar-refractivity contribution in [1.82, 2.24) is 5.32 Å². The normalized spacial score (nSPS) is 11.9. The number of amides is 1. The first kappa shape index (κ1) is 27.3. The van der Waals surface area contributed by atoms with Gasteiger partial charge in [0.25, 0.3) is 0 Å². The third kappa shape index (κ3) is 10.1. The molecule has 3 rings (SSSR count). The number of hydrogen-bond donors (Lipinski definition) is 1. The molecule has 1 amide bonds. The summed E-state index contributed by atoms with van der Waals surface area (Å²) in [6.45, 7) is 2.96. The lowest BCUT2D eigenvalue weighted by Crippen LogP contribution is -2.28. The molecule has 0 spiro atoms. The maximum atomic E-state index is 12.9. The minimum Gasteiger partial charge on any atom is -0.493 e. The van der Waals surface area contributed by atoms with Crippen molar-refractivity contribution in [3.8, 4) is 5.75 Å². The number of carbonyl (C=O) groups is 1. The highest BCUT2D eigenvalue weighted by Gasteiger charge is 2.14. The monoisotopic (exact) mass is 483 g/mol. The molecule has 0 aliphatic heterocycles. The minimum atomic E-state index is -0.113. The van der Waals surface area contributed by atoms with Crippen LogP contribution in [0.4, 0.5) is 0 Å². The van der Waals surface area contributed by atoms with E-state index in [0.29, 0.717) is 6.61 Å². The molecule has 36 heavy (non-hydrogen) atoms. The van der Waals surface area contributed by atoms with Gasteiger partial charge in [-0.2, -0.15) is 0 Å². The van der Waals surface area contributed by atoms with Crippen molar-refractivity contribution in [2.75, 3.05) is 6.61 Å². The molecule has 0 saturated heterocycles. The molecule has 0 aromatic heterocycles. The Bertz CT molecular complexity index is 1030. The van der Waals surface area contributed by atoms with E-state index in [4.69, 9.17) is 4.74 Å². The van der Waals surface area contributed by atoms with Crippen molar-refractivity contribution in [3.63, 3.8) is 0 Å². The number of rotatable bonds is 16. The van der Waals surface area contributed by atoms with Crippen molar-refractivity contribution >= 4 is 12.0 Å². The van der Waals surface area contributed by atoms with E-state index in [1.807, 2.05) is 66.7 Å². The van der Waals surface area contributed by atoms with Crippen LogP contribution < -0.4 is 10.1 Å². The largest absolute Gasteiger partial charge is 0.493 e. The molecule has 0 bridgehead atoms. The molecule has 3 nitrogen and oxygen atoms in total. The Morgan fingerprint density at radius 2 is 1.39 bits per heavy atom. The zero-order chi connectivity index (χ0) is 25.3. The molecule has 0 aliphatic rings. The fourth-order valence-electron chi connectivity index (χ4n) is 4.34. The first-order chi connectivity index (χ1) is 17.8. The van der Waals surface area contributed by atoms with Gasteiger partial charge in [0.05, 0.1) is 12.6 Å². The van der Waals surface area contributed by atoms with Crippen LogP contribution in [-0.4, -0.2) is 12.5 Å². The summed E-state index contributed by atoms with van der Waals surface area (Å²) in [6, 6.07) is 28.2. The number of ether oxygens (including phenoxy) is 1. The third-order valence-corrected chi connectivity index (χ3v) is 6.39. The standard InChI is InChI=1S/C33H41NO2/c1-2-3-4-5-6-7-8-17-26-36-32-23-16-15-22-30(32)24-25-33(35)34-31(29-20-13-10-14-21-29)27-28-18-11-9-12-19-28/h9-16,18-25,31H,2-8,17,26-27H2,1H3,(H,34,35)/b25-24+. The molecular weight excluding hydrogens is 442 g/mol. The average Bonchev–Trinajstić information content (AvgIpc) is 2.92. The average molecular weight is 484 g/mol. The van der Waals surface area contributed by atoms with Crippen LogP contribution >= 0.6 is 0 Å². The Balaban J connectivity index is 1.52. The van der Waals surface area contributed by atoms with E-state index in [1.165, 1.54) is 50.5 Å². The lowest BCUT2D eigenvalue weighted by atomic mass is 9.99. The summed E-state index contributed by atoms with van der Waals surface area (Å²) < 4.78 is 6.06. The van der Waals surface area contributed by atoms with E-state index >= 15 is 0 Å². The van der Waals surface area contributed by atoms with Gasteiger partial charge in [-0.3, -0.25) is 4.79 Å². The number of nitrogens with one attached hydrogen (secondary N) is 1. The van der Waals surface area contributed by atoms with Crippen LogP contribution in [0.5, 0.6) is 5.75 Å². The van der Waals surface area contributed by atoms with Crippen LogP contribution in [0, 0.1) is 0 Å². The molecule has 1 unspecified atom stereocenters. The fourth-order valence-corrected chi connectivity index (χ4v) is 4.34. The summed E-state index contributed by atoms with van der Waals surface area (Å²) in [6.07, 6.45) is 14.4. The second-order valence-corrected chi connectivity index (χ2v) is 9.36. The topological polar surface area (TPSA) is 38.3 Å². The molecule has 3 aromatic carbocycles. The van der Waals surface area contributed by atoms with Gasteiger partial charge in [0, 0.05) is 11.6 Å². The summed E-state index contributed by atoms with van der Waals surface area (Å²) in [5, 5.41) is 3.19. The highest BCUT2D eigenvalue weighted by Crippen LogP contribution is 2.21. The number of unbranched alkanes of at least 4 members (excludes halogenated alkanes) is 7. The first-order valence-electron chi connectivity index (χ1n) is 13.6. The van der Waals surface area contributed by atoms with Gasteiger partial charge in [0.1, 0.15) is 5.75 Å². The highest BCUT2D eigenvalue weighted by atomic mass is 16.5. The second-order valence-electron chi connectivity index (χ2n) is 9.36. The van der Waals surface area contributed by atoms with Crippen molar-refractivity contribution in [2.24, 2.45) is 0 Å². The van der Waals surface area contributed by atoms with Crippen molar-refractivity contribution in [3.05, 3.63) is 108 Å². The Kier molecular flexibility index (Phi) is 12.4. The molecule has 3 heteroatoms. The van der Waals surface area contributed by atoms with Gasteiger partial charge in [-0.05, 0) is 36.1 Å². The molecule has 0 saturated carbocycles. The van der Waals surface area contributed by atoms with E-state index in [-0.39, 0.29) is 11.9 Å². The lowest BCUT2D eigenvalue weighted by Gasteiger charge is -2.18. The lowest BCUT2D eigenvalue weighted by molar-refractivity contribution is -0.117. The summed E-state index contributed by atoms with van der Waals surface area (Å²) in [5.41, 5.74) is 3.21. The molecule has 3 aromatic rings.